The van der Waals surface area contributed by atoms with Crippen molar-refractivity contribution in [1.82, 2.24) is 19.4 Å². The smallest absolute Gasteiger partial charge is 0.343 e. The first-order chi connectivity index (χ1) is 16.4. The molecule has 0 radical (unpaired) electrons. The number of aromatic nitrogens is 3. The van der Waals surface area contributed by atoms with Crippen LogP contribution >= 0.6 is 11.3 Å². The first-order valence-electron chi connectivity index (χ1n) is 11.0. The third-order valence-corrected chi connectivity index (χ3v) is 6.82. The van der Waals surface area contributed by atoms with Gasteiger partial charge >= 0.3 is 5.97 Å². The SMILES string of the molecule is COC(=O)c1c(OCc2ccccn2)cc(=O)n2c1CCN(C(=O)Cc1sc(C)nc1C)CC2. The number of methoxy groups -OCH3 is 1. The Bertz CT molecular complexity index is 1270. The number of carbonyl (C=O) groups is 2. The molecule has 178 valence electrons. The van der Waals surface area contributed by atoms with Crippen LogP contribution in [-0.2, 0) is 35.5 Å². The van der Waals surface area contributed by atoms with E-state index >= 15 is 0 Å². The van der Waals surface area contributed by atoms with Crippen molar-refractivity contribution in [2.75, 3.05) is 20.2 Å². The number of nitrogens with zero attached hydrogens (tertiary/aromatic N) is 4. The molecule has 0 aliphatic carbocycles. The Hall–Kier alpha value is -3.53. The van der Waals surface area contributed by atoms with E-state index in [9.17, 15) is 14.4 Å². The van der Waals surface area contributed by atoms with Crippen molar-refractivity contribution in [2.45, 2.75) is 39.8 Å². The lowest BCUT2D eigenvalue weighted by Gasteiger charge is -2.19. The largest absolute Gasteiger partial charge is 0.486 e. The average molecular weight is 483 g/mol. The van der Waals surface area contributed by atoms with E-state index in [0.717, 1.165) is 15.6 Å². The van der Waals surface area contributed by atoms with E-state index in [1.54, 1.807) is 23.2 Å². The van der Waals surface area contributed by atoms with Gasteiger partial charge in [0, 0.05) is 48.9 Å². The highest BCUT2D eigenvalue weighted by Crippen LogP contribution is 2.25. The van der Waals surface area contributed by atoms with Crippen molar-refractivity contribution >= 4 is 23.2 Å². The maximum absolute atomic E-state index is 13.0. The van der Waals surface area contributed by atoms with E-state index in [1.165, 1.54) is 29.1 Å². The second-order valence-electron chi connectivity index (χ2n) is 7.97. The molecule has 9 nitrogen and oxygen atoms in total. The molecule has 0 saturated heterocycles. The standard InChI is InChI=1S/C24H26N4O5S/c1-15-20(34-16(2)26-15)13-21(29)27-9-7-18-23(24(31)32-3)19(12-22(30)28(18)11-10-27)33-14-17-6-4-5-8-25-17/h4-6,8,12H,7,9-11,13-14H2,1-3H3. The summed E-state index contributed by atoms with van der Waals surface area (Å²) in [5.74, 6) is -0.460. The first-order valence-corrected chi connectivity index (χ1v) is 11.8. The Labute approximate surface area is 201 Å². The van der Waals surface area contributed by atoms with Crippen molar-refractivity contribution in [3.8, 4) is 5.75 Å². The fraction of sp³-hybridized carbons (Fsp3) is 0.375. The number of thiazole rings is 1. The molecule has 0 bridgehead atoms. The van der Waals surface area contributed by atoms with Gasteiger partial charge in [-0.2, -0.15) is 0 Å². The quantitative estimate of drug-likeness (QED) is 0.497. The lowest BCUT2D eigenvalue weighted by molar-refractivity contribution is -0.130. The molecule has 0 N–H and O–H groups in total. The second-order valence-corrected chi connectivity index (χ2v) is 9.26. The molecule has 4 heterocycles. The highest BCUT2D eigenvalue weighted by atomic mass is 32.1. The lowest BCUT2D eigenvalue weighted by Crippen LogP contribution is -2.35. The van der Waals surface area contributed by atoms with Gasteiger partial charge in [0.1, 0.15) is 17.9 Å². The van der Waals surface area contributed by atoms with Crippen molar-refractivity contribution in [3.05, 3.63) is 73.3 Å². The molecular formula is C24H26N4O5S. The molecule has 4 rings (SSSR count). The first kappa shape index (κ1) is 23.6. The Morgan fingerprint density at radius 2 is 2.00 bits per heavy atom. The number of rotatable bonds is 6. The van der Waals surface area contributed by atoms with E-state index in [4.69, 9.17) is 9.47 Å². The minimum Gasteiger partial charge on any atom is -0.486 e. The molecule has 0 fully saturated rings. The molecular weight excluding hydrogens is 456 g/mol. The number of hydrogen-bond donors (Lipinski definition) is 0. The van der Waals surface area contributed by atoms with Gasteiger partial charge in [-0.15, -0.1) is 11.3 Å². The molecule has 34 heavy (non-hydrogen) atoms. The van der Waals surface area contributed by atoms with Crippen molar-refractivity contribution < 1.29 is 19.1 Å². The van der Waals surface area contributed by atoms with Gasteiger partial charge in [-0.1, -0.05) is 6.07 Å². The molecule has 3 aromatic rings. The Balaban J connectivity index is 1.59. The fourth-order valence-electron chi connectivity index (χ4n) is 4.06. The van der Waals surface area contributed by atoms with Crippen molar-refractivity contribution in [1.29, 1.82) is 0 Å². The van der Waals surface area contributed by atoms with Gasteiger partial charge in [-0.25, -0.2) is 9.78 Å². The zero-order valence-electron chi connectivity index (χ0n) is 19.4. The van der Waals surface area contributed by atoms with Gasteiger partial charge in [0.15, 0.2) is 0 Å². The van der Waals surface area contributed by atoms with Gasteiger partial charge in [0.05, 0.1) is 29.9 Å². The molecule has 1 aliphatic rings. The number of amides is 1. The van der Waals surface area contributed by atoms with Gasteiger partial charge in [-0.05, 0) is 26.0 Å². The normalized spacial score (nSPS) is 13.2. The highest BCUT2D eigenvalue weighted by Gasteiger charge is 2.28. The van der Waals surface area contributed by atoms with Gasteiger partial charge in [-0.3, -0.25) is 14.6 Å². The maximum atomic E-state index is 13.0. The summed E-state index contributed by atoms with van der Waals surface area (Å²) in [5.41, 5.74) is 1.96. The highest BCUT2D eigenvalue weighted by molar-refractivity contribution is 7.11. The van der Waals surface area contributed by atoms with E-state index in [1.807, 2.05) is 19.9 Å². The zero-order chi connectivity index (χ0) is 24.2. The molecule has 0 saturated carbocycles. The van der Waals surface area contributed by atoms with Crippen LogP contribution in [0, 0.1) is 13.8 Å². The zero-order valence-corrected chi connectivity index (χ0v) is 20.2. The number of carbonyl (C=O) groups excluding carboxylic acids is 2. The van der Waals surface area contributed by atoms with Crippen molar-refractivity contribution in [3.63, 3.8) is 0 Å². The number of aryl methyl sites for hydroxylation is 2. The third kappa shape index (κ3) is 5.01. The van der Waals surface area contributed by atoms with E-state index in [-0.39, 0.29) is 42.4 Å². The minimum absolute atomic E-state index is 0.0288. The van der Waals surface area contributed by atoms with Crippen LogP contribution in [0.1, 0.15) is 37.3 Å². The summed E-state index contributed by atoms with van der Waals surface area (Å²) in [7, 11) is 1.29. The summed E-state index contributed by atoms with van der Waals surface area (Å²) in [6, 6.07) is 6.73. The van der Waals surface area contributed by atoms with E-state index < -0.39 is 5.97 Å². The van der Waals surface area contributed by atoms with E-state index in [2.05, 4.69) is 9.97 Å². The number of ether oxygens (including phenoxy) is 2. The van der Waals surface area contributed by atoms with Crippen LogP contribution in [-0.4, -0.2) is 51.5 Å². The monoisotopic (exact) mass is 482 g/mol. The maximum Gasteiger partial charge on any atom is 0.343 e. The van der Waals surface area contributed by atoms with Crippen LogP contribution in [0.2, 0.25) is 0 Å². The Kier molecular flexibility index (Phi) is 7.06. The summed E-state index contributed by atoms with van der Waals surface area (Å²) in [5, 5.41) is 0.927. The number of fused-ring (bicyclic) bond motifs is 1. The number of hydrogen-bond acceptors (Lipinski definition) is 8. The molecule has 1 amide bonds. The molecule has 0 spiro atoms. The van der Waals surface area contributed by atoms with Crippen LogP contribution in [0.4, 0.5) is 0 Å². The Morgan fingerprint density at radius 3 is 2.68 bits per heavy atom. The summed E-state index contributed by atoms with van der Waals surface area (Å²) in [6.07, 6.45) is 2.24. The van der Waals surface area contributed by atoms with Crippen LogP contribution in [0.15, 0.2) is 35.3 Å². The van der Waals surface area contributed by atoms with E-state index in [0.29, 0.717) is 30.9 Å². The fourth-order valence-corrected chi connectivity index (χ4v) is 4.98. The third-order valence-electron chi connectivity index (χ3n) is 5.75. The molecule has 0 unspecified atom stereocenters. The second kappa shape index (κ2) is 10.2. The minimum atomic E-state index is -0.588. The topological polar surface area (TPSA) is 104 Å². The van der Waals surface area contributed by atoms with Crippen LogP contribution in [0.5, 0.6) is 5.75 Å². The molecule has 10 heteroatoms. The number of pyridine rings is 2. The van der Waals surface area contributed by atoms with Crippen LogP contribution in [0.3, 0.4) is 0 Å². The van der Waals surface area contributed by atoms with Crippen molar-refractivity contribution in [2.24, 2.45) is 0 Å². The Morgan fingerprint density at radius 1 is 1.18 bits per heavy atom. The molecule has 0 aromatic carbocycles. The summed E-state index contributed by atoms with van der Waals surface area (Å²) in [4.78, 5) is 49.9. The van der Waals surface area contributed by atoms with Gasteiger partial charge < -0.3 is 18.9 Å². The van der Waals surface area contributed by atoms with Gasteiger partial charge in [0.25, 0.3) is 5.56 Å². The lowest BCUT2D eigenvalue weighted by atomic mass is 10.1. The summed E-state index contributed by atoms with van der Waals surface area (Å²) < 4.78 is 12.4. The molecule has 1 aliphatic heterocycles. The summed E-state index contributed by atoms with van der Waals surface area (Å²) >= 11 is 1.52. The average Bonchev–Trinajstić information content (AvgIpc) is 3.00. The molecule has 3 aromatic heterocycles. The van der Waals surface area contributed by atoms with Gasteiger partial charge in [0.2, 0.25) is 5.91 Å². The summed E-state index contributed by atoms with van der Waals surface area (Å²) in [6.45, 7) is 4.96. The number of esters is 1. The van der Waals surface area contributed by atoms with Crippen LogP contribution < -0.4 is 10.3 Å². The predicted octanol–water partition coefficient (Wildman–Crippen LogP) is 2.31. The van der Waals surface area contributed by atoms with Crippen LogP contribution in [0.25, 0.3) is 0 Å². The predicted molar refractivity (Wildman–Crippen MR) is 126 cm³/mol. The molecule has 0 atom stereocenters.